The number of fused-ring (bicyclic) bond motifs is 1. The third-order valence-electron chi connectivity index (χ3n) is 2.98. The summed E-state index contributed by atoms with van der Waals surface area (Å²) in [6, 6.07) is -0.385. The first-order valence-electron chi connectivity index (χ1n) is 5.52. The Hall–Kier alpha value is -1.15. The van der Waals surface area contributed by atoms with Gasteiger partial charge in [0.25, 0.3) is 0 Å². The second kappa shape index (κ2) is 4.61. The molecule has 1 N–H and O–H groups in total. The summed E-state index contributed by atoms with van der Waals surface area (Å²) < 4.78 is 31.3. The Kier molecular flexibility index (Phi) is 3.34. The highest BCUT2D eigenvalue weighted by molar-refractivity contribution is 7.89. The van der Waals surface area contributed by atoms with Gasteiger partial charge >= 0.3 is 5.76 Å². The zero-order valence-electron chi connectivity index (χ0n) is 9.55. The molecule has 1 aliphatic heterocycles. The molecule has 0 aliphatic carbocycles. The summed E-state index contributed by atoms with van der Waals surface area (Å²) in [4.78, 5) is 11.5. The summed E-state index contributed by atoms with van der Waals surface area (Å²) in [5.74, 6) is -0.139. The van der Waals surface area contributed by atoms with Crippen molar-refractivity contribution < 1.29 is 12.9 Å². The fraction of sp³-hybridized carbons (Fsp3) is 0.778. The lowest BCUT2D eigenvalue weighted by atomic mass is 10.1. The van der Waals surface area contributed by atoms with Crippen molar-refractivity contribution in [2.24, 2.45) is 0 Å². The van der Waals surface area contributed by atoms with E-state index in [1.54, 1.807) is 0 Å². The van der Waals surface area contributed by atoms with Gasteiger partial charge in [-0.3, -0.25) is 9.09 Å². The van der Waals surface area contributed by atoms with E-state index in [0.29, 0.717) is 18.7 Å². The minimum absolute atomic E-state index is 0.113. The Morgan fingerprint density at radius 2 is 2.29 bits per heavy atom. The average molecular weight is 261 g/mol. The average Bonchev–Trinajstić information content (AvgIpc) is 2.53. The van der Waals surface area contributed by atoms with E-state index < -0.39 is 15.8 Å². The van der Waals surface area contributed by atoms with Crippen LogP contribution in [0.2, 0.25) is 0 Å². The van der Waals surface area contributed by atoms with Gasteiger partial charge in [0, 0.05) is 6.42 Å². The molecule has 1 aliphatic rings. The predicted molar refractivity (Wildman–Crippen MR) is 60.2 cm³/mol. The third-order valence-corrected chi connectivity index (χ3v) is 4.43. The van der Waals surface area contributed by atoms with Crippen LogP contribution in [0.4, 0.5) is 0 Å². The van der Waals surface area contributed by atoms with Gasteiger partial charge in [-0.2, -0.15) is 0 Å². The number of hydrogen-bond donors (Lipinski definition) is 1. The molecule has 0 saturated carbocycles. The third kappa shape index (κ3) is 2.58. The van der Waals surface area contributed by atoms with Gasteiger partial charge < -0.3 is 0 Å². The second-order valence-corrected chi connectivity index (χ2v) is 6.09. The highest BCUT2D eigenvalue weighted by atomic mass is 32.2. The van der Waals surface area contributed by atoms with E-state index in [1.807, 2.05) is 0 Å². The highest BCUT2D eigenvalue weighted by Crippen LogP contribution is 2.22. The van der Waals surface area contributed by atoms with Crippen molar-refractivity contribution in [3.05, 3.63) is 16.4 Å². The van der Waals surface area contributed by atoms with Gasteiger partial charge in [0.05, 0.1) is 11.8 Å². The lowest BCUT2D eigenvalue weighted by Gasteiger charge is -2.15. The molecule has 0 bridgehead atoms. The van der Waals surface area contributed by atoms with Crippen molar-refractivity contribution in [3.8, 4) is 0 Å². The van der Waals surface area contributed by atoms with E-state index in [2.05, 4.69) is 14.4 Å². The Labute approximate surface area is 98.8 Å². The Morgan fingerprint density at radius 3 is 3.00 bits per heavy atom. The lowest BCUT2D eigenvalue weighted by molar-refractivity contribution is 0.358. The van der Waals surface area contributed by atoms with Crippen LogP contribution in [-0.2, 0) is 16.4 Å². The summed E-state index contributed by atoms with van der Waals surface area (Å²) in [6.07, 6.45) is 3.08. The second-order valence-electron chi connectivity index (χ2n) is 4.12. The normalized spacial score (nSPS) is 20.9. The van der Waals surface area contributed by atoms with Gasteiger partial charge in [-0.05, 0) is 19.9 Å². The molecule has 17 heavy (non-hydrogen) atoms. The van der Waals surface area contributed by atoms with Crippen LogP contribution in [0.25, 0.3) is 0 Å². The number of sulfonamides is 1. The molecule has 0 saturated heterocycles. The van der Waals surface area contributed by atoms with Crippen molar-refractivity contribution in [3.63, 3.8) is 0 Å². The lowest BCUT2D eigenvalue weighted by Crippen LogP contribution is -2.32. The van der Waals surface area contributed by atoms with Crippen molar-refractivity contribution in [2.45, 2.75) is 31.7 Å². The molecule has 96 valence electrons. The van der Waals surface area contributed by atoms with Crippen molar-refractivity contribution >= 4 is 10.0 Å². The van der Waals surface area contributed by atoms with Crippen LogP contribution < -0.4 is 10.5 Å². The Bertz CT molecular complexity index is 545. The maximum absolute atomic E-state index is 11.5. The molecule has 1 atom stereocenters. The van der Waals surface area contributed by atoms with Gasteiger partial charge in [-0.1, -0.05) is 11.6 Å². The van der Waals surface area contributed by atoms with E-state index in [-0.39, 0.29) is 11.8 Å². The van der Waals surface area contributed by atoms with Gasteiger partial charge in [0.2, 0.25) is 10.0 Å². The van der Waals surface area contributed by atoms with Crippen LogP contribution in [0.1, 0.15) is 31.1 Å². The van der Waals surface area contributed by atoms with Gasteiger partial charge in [-0.25, -0.2) is 17.9 Å². The fourth-order valence-electron chi connectivity index (χ4n) is 2.10. The van der Waals surface area contributed by atoms with Crippen LogP contribution >= 0.6 is 0 Å². The zero-order valence-corrected chi connectivity index (χ0v) is 10.4. The van der Waals surface area contributed by atoms with Crippen LogP contribution in [-0.4, -0.2) is 30.9 Å². The molecule has 0 fully saturated rings. The number of aryl methyl sites for hydroxylation is 1. The number of rotatable bonds is 3. The van der Waals surface area contributed by atoms with Crippen LogP contribution in [0, 0.1) is 0 Å². The summed E-state index contributed by atoms with van der Waals surface area (Å²) >= 11 is 0. The van der Waals surface area contributed by atoms with Gasteiger partial charge in [0.1, 0.15) is 0 Å². The molecule has 1 unspecified atom stereocenters. The summed E-state index contributed by atoms with van der Waals surface area (Å²) in [5.41, 5.74) is 0. The summed E-state index contributed by atoms with van der Waals surface area (Å²) in [7, 11) is -1.99. The monoisotopic (exact) mass is 261 g/mol. The summed E-state index contributed by atoms with van der Waals surface area (Å²) in [6.45, 7) is 0. The molecule has 0 radical (unpaired) electrons. The number of aromatic nitrogens is 2. The van der Waals surface area contributed by atoms with E-state index in [4.69, 9.17) is 0 Å². The van der Waals surface area contributed by atoms with Crippen molar-refractivity contribution in [1.29, 1.82) is 0 Å². The smallest absolute Gasteiger partial charge is 0.296 e. The molecule has 0 aromatic carbocycles. The molecular formula is C9H15N3O4S. The van der Waals surface area contributed by atoms with Crippen LogP contribution in [0.5, 0.6) is 0 Å². The van der Waals surface area contributed by atoms with Crippen LogP contribution in [0.3, 0.4) is 0 Å². The van der Waals surface area contributed by atoms with E-state index in [1.165, 1.54) is 11.6 Å². The molecule has 2 heterocycles. The largest absolute Gasteiger partial charge is 0.441 e. The molecule has 0 amide bonds. The minimum Gasteiger partial charge on any atom is -0.296 e. The quantitative estimate of drug-likeness (QED) is 0.802. The molecule has 7 nitrogen and oxygen atoms in total. The van der Waals surface area contributed by atoms with Crippen molar-refractivity contribution in [1.82, 2.24) is 14.4 Å². The molecule has 2 rings (SSSR count). The van der Waals surface area contributed by atoms with E-state index >= 15 is 0 Å². The first-order chi connectivity index (χ1) is 8.03. The Balaban J connectivity index is 2.35. The number of nitrogens with one attached hydrogen (secondary N) is 1. The molecule has 0 spiro atoms. The molecule has 1 aromatic heterocycles. The zero-order chi connectivity index (χ0) is 12.5. The SMILES string of the molecule is CNS(=O)(=O)CC1CCCCc2noc(=O)n21. The van der Waals surface area contributed by atoms with Gasteiger partial charge in [0.15, 0.2) is 5.82 Å². The maximum Gasteiger partial charge on any atom is 0.441 e. The summed E-state index contributed by atoms with van der Waals surface area (Å²) in [5, 5.41) is 3.68. The molecule has 1 aromatic rings. The highest BCUT2D eigenvalue weighted by Gasteiger charge is 2.26. The molecule has 8 heteroatoms. The van der Waals surface area contributed by atoms with E-state index in [9.17, 15) is 13.2 Å². The minimum atomic E-state index is -3.35. The first kappa shape index (κ1) is 12.3. The Morgan fingerprint density at radius 1 is 1.53 bits per heavy atom. The van der Waals surface area contributed by atoms with Crippen LogP contribution in [0.15, 0.2) is 9.32 Å². The predicted octanol–water partition coefficient (Wildman–Crippen LogP) is -0.347. The van der Waals surface area contributed by atoms with E-state index in [0.717, 1.165) is 12.8 Å². The maximum atomic E-state index is 11.5. The topological polar surface area (TPSA) is 94.2 Å². The number of nitrogens with zero attached hydrogens (tertiary/aromatic N) is 2. The molecular weight excluding hydrogens is 246 g/mol. The first-order valence-corrected chi connectivity index (χ1v) is 7.17. The standard InChI is InChI=1S/C9H15N3O4S/c1-10-17(14,15)6-7-4-2-3-5-8-11-16-9(13)12(7)8/h7,10H,2-6H2,1H3. The fourth-order valence-corrected chi connectivity index (χ4v) is 3.09. The van der Waals surface area contributed by atoms with Gasteiger partial charge in [-0.15, -0.1) is 0 Å². The van der Waals surface area contributed by atoms with Crippen molar-refractivity contribution in [2.75, 3.05) is 12.8 Å². The number of hydrogen-bond acceptors (Lipinski definition) is 5.